The molecule has 30 heavy (non-hydrogen) atoms. The molecule has 0 saturated carbocycles. The Bertz CT molecular complexity index is 1160. The van der Waals surface area contributed by atoms with E-state index in [0.717, 1.165) is 11.8 Å². The van der Waals surface area contributed by atoms with Crippen molar-refractivity contribution in [2.45, 2.75) is 6.54 Å². The lowest BCUT2D eigenvalue weighted by Gasteiger charge is -2.14. The molecule has 0 aliphatic heterocycles. The second kappa shape index (κ2) is 8.52. The van der Waals surface area contributed by atoms with Crippen LogP contribution in [0.15, 0.2) is 79.1 Å². The zero-order chi connectivity index (χ0) is 20.9. The van der Waals surface area contributed by atoms with E-state index in [1.54, 1.807) is 34.9 Å². The van der Waals surface area contributed by atoms with Crippen LogP contribution in [0, 0.1) is 11.6 Å². The van der Waals surface area contributed by atoms with Crippen LogP contribution in [0.3, 0.4) is 0 Å². The van der Waals surface area contributed by atoms with Crippen LogP contribution in [0.2, 0.25) is 0 Å². The first-order chi connectivity index (χ1) is 14.6. The normalized spacial score (nSPS) is 10.6. The molecule has 0 bridgehead atoms. The highest BCUT2D eigenvalue weighted by atomic mass is 19.1. The predicted molar refractivity (Wildman–Crippen MR) is 109 cm³/mol. The number of benzene rings is 3. The van der Waals surface area contributed by atoms with Gasteiger partial charge in [0.1, 0.15) is 18.0 Å². The molecule has 1 heterocycles. The molecule has 8 heteroatoms. The lowest BCUT2D eigenvalue weighted by atomic mass is 10.0. The second-order valence-corrected chi connectivity index (χ2v) is 6.44. The van der Waals surface area contributed by atoms with Gasteiger partial charge in [-0.2, -0.15) is 0 Å². The van der Waals surface area contributed by atoms with Crippen molar-refractivity contribution in [3.8, 4) is 16.8 Å². The van der Waals surface area contributed by atoms with Gasteiger partial charge < -0.3 is 10.6 Å². The minimum Gasteiger partial charge on any atom is -0.331 e. The number of aromatic nitrogens is 3. The van der Waals surface area contributed by atoms with Crippen molar-refractivity contribution in [2.24, 2.45) is 0 Å². The number of carbonyl (C=O) groups is 1. The number of nitrogens with one attached hydrogen (secondary N) is 2. The summed E-state index contributed by atoms with van der Waals surface area (Å²) in [6, 6.07) is 19.4. The molecule has 0 radical (unpaired) electrons. The number of nitrogens with zero attached hydrogens (tertiary/aromatic N) is 3. The number of anilines is 1. The van der Waals surface area contributed by atoms with Crippen molar-refractivity contribution < 1.29 is 13.6 Å². The standard InChI is InChI=1S/C22H17F2N5O/c23-16-11-18(15-7-3-1-4-8-15)21(19(24)12-16)27-22(30)25-13-20-28-26-14-29(20)17-9-5-2-6-10-17/h1-12,14H,13H2,(H2,25,27,30). The zero-order valence-corrected chi connectivity index (χ0v) is 15.7. The Balaban J connectivity index is 1.52. The summed E-state index contributed by atoms with van der Waals surface area (Å²) in [6.07, 6.45) is 1.54. The van der Waals surface area contributed by atoms with Gasteiger partial charge in [-0.25, -0.2) is 13.6 Å². The largest absolute Gasteiger partial charge is 0.331 e. The average molecular weight is 405 g/mol. The minimum atomic E-state index is -0.864. The molecule has 4 aromatic rings. The van der Waals surface area contributed by atoms with Crippen molar-refractivity contribution in [1.82, 2.24) is 20.1 Å². The van der Waals surface area contributed by atoms with Gasteiger partial charge in [-0.05, 0) is 23.8 Å². The van der Waals surface area contributed by atoms with E-state index in [1.807, 2.05) is 30.3 Å². The first-order valence-corrected chi connectivity index (χ1v) is 9.15. The van der Waals surface area contributed by atoms with E-state index >= 15 is 0 Å². The number of rotatable bonds is 5. The monoisotopic (exact) mass is 405 g/mol. The van der Waals surface area contributed by atoms with Crippen LogP contribution in [-0.4, -0.2) is 20.8 Å². The van der Waals surface area contributed by atoms with Gasteiger partial charge in [-0.1, -0.05) is 48.5 Å². The van der Waals surface area contributed by atoms with Gasteiger partial charge in [-0.15, -0.1) is 10.2 Å². The summed E-state index contributed by atoms with van der Waals surface area (Å²) in [5.41, 5.74) is 1.56. The number of hydrogen-bond acceptors (Lipinski definition) is 3. The lowest BCUT2D eigenvalue weighted by molar-refractivity contribution is 0.251. The Labute approximate surface area is 171 Å². The molecule has 2 N–H and O–H groups in total. The summed E-state index contributed by atoms with van der Waals surface area (Å²) in [6.45, 7) is 0.0597. The molecule has 3 aromatic carbocycles. The SMILES string of the molecule is O=C(NCc1nncn1-c1ccccc1)Nc1c(F)cc(F)cc1-c1ccccc1. The zero-order valence-electron chi connectivity index (χ0n) is 15.7. The van der Waals surface area contributed by atoms with Crippen molar-refractivity contribution >= 4 is 11.7 Å². The van der Waals surface area contributed by atoms with Crippen LogP contribution in [0.4, 0.5) is 19.3 Å². The van der Waals surface area contributed by atoms with Gasteiger partial charge in [-0.3, -0.25) is 4.57 Å². The molecule has 0 unspecified atom stereocenters. The summed E-state index contributed by atoms with van der Waals surface area (Å²) in [4.78, 5) is 12.4. The Morgan fingerprint density at radius 1 is 0.967 bits per heavy atom. The third-order valence-electron chi connectivity index (χ3n) is 4.44. The Kier molecular flexibility index (Phi) is 5.47. The minimum absolute atomic E-state index is 0.0597. The third kappa shape index (κ3) is 4.17. The maximum absolute atomic E-state index is 14.4. The second-order valence-electron chi connectivity index (χ2n) is 6.44. The molecule has 4 rings (SSSR count). The first-order valence-electron chi connectivity index (χ1n) is 9.15. The maximum atomic E-state index is 14.4. The topological polar surface area (TPSA) is 71.8 Å². The molecule has 0 saturated heterocycles. The molecular formula is C22H17F2N5O. The van der Waals surface area contributed by atoms with E-state index in [1.165, 1.54) is 12.4 Å². The number of para-hydroxylation sites is 1. The van der Waals surface area contributed by atoms with Gasteiger partial charge in [0.2, 0.25) is 0 Å². The highest BCUT2D eigenvalue weighted by Crippen LogP contribution is 2.31. The van der Waals surface area contributed by atoms with Gasteiger partial charge in [0.25, 0.3) is 0 Å². The molecule has 0 atom stereocenters. The molecule has 150 valence electrons. The average Bonchev–Trinajstić information content (AvgIpc) is 3.24. The number of carbonyl (C=O) groups excluding carboxylic acids is 1. The van der Waals surface area contributed by atoms with Crippen LogP contribution < -0.4 is 10.6 Å². The highest BCUT2D eigenvalue weighted by Gasteiger charge is 2.16. The molecule has 6 nitrogen and oxygen atoms in total. The Hall–Kier alpha value is -4.07. The molecule has 0 aliphatic rings. The van der Waals surface area contributed by atoms with Gasteiger partial charge in [0.05, 0.1) is 12.2 Å². The summed E-state index contributed by atoms with van der Waals surface area (Å²) in [5.74, 6) is -1.09. The van der Waals surface area contributed by atoms with Gasteiger partial charge in [0.15, 0.2) is 5.82 Å². The van der Waals surface area contributed by atoms with Gasteiger partial charge in [0, 0.05) is 17.3 Å². The summed E-state index contributed by atoms with van der Waals surface area (Å²) in [5, 5.41) is 13.0. The first kappa shape index (κ1) is 19.3. The van der Waals surface area contributed by atoms with E-state index in [-0.39, 0.29) is 17.8 Å². The van der Waals surface area contributed by atoms with E-state index in [0.29, 0.717) is 11.4 Å². The number of amides is 2. The molecule has 0 spiro atoms. The summed E-state index contributed by atoms with van der Waals surface area (Å²) < 4.78 is 30.0. The number of halogens is 2. The third-order valence-corrected chi connectivity index (χ3v) is 4.44. The predicted octanol–water partition coefficient (Wildman–Crippen LogP) is 4.53. The number of urea groups is 1. The number of hydrogen-bond donors (Lipinski definition) is 2. The van der Waals surface area contributed by atoms with E-state index in [4.69, 9.17) is 0 Å². The fraction of sp³-hybridized carbons (Fsp3) is 0.0455. The van der Waals surface area contributed by atoms with E-state index in [2.05, 4.69) is 20.8 Å². The van der Waals surface area contributed by atoms with E-state index < -0.39 is 17.7 Å². The highest BCUT2D eigenvalue weighted by molar-refractivity contribution is 5.94. The van der Waals surface area contributed by atoms with Crippen molar-refractivity contribution in [3.63, 3.8) is 0 Å². The summed E-state index contributed by atoms with van der Waals surface area (Å²) in [7, 11) is 0. The maximum Gasteiger partial charge on any atom is 0.319 e. The van der Waals surface area contributed by atoms with Crippen molar-refractivity contribution in [2.75, 3.05) is 5.32 Å². The molecule has 2 amide bonds. The smallest absolute Gasteiger partial charge is 0.319 e. The van der Waals surface area contributed by atoms with Crippen LogP contribution in [-0.2, 0) is 6.54 Å². The summed E-state index contributed by atoms with van der Waals surface area (Å²) >= 11 is 0. The van der Waals surface area contributed by atoms with Gasteiger partial charge >= 0.3 is 6.03 Å². The van der Waals surface area contributed by atoms with Crippen LogP contribution in [0.1, 0.15) is 5.82 Å². The fourth-order valence-electron chi connectivity index (χ4n) is 3.05. The van der Waals surface area contributed by atoms with Crippen LogP contribution in [0.25, 0.3) is 16.8 Å². The van der Waals surface area contributed by atoms with E-state index in [9.17, 15) is 13.6 Å². The molecular weight excluding hydrogens is 388 g/mol. The van der Waals surface area contributed by atoms with Crippen molar-refractivity contribution in [3.05, 3.63) is 96.6 Å². The molecule has 0 fully saturated rings. The Morgan fingerprint density at radius 3 is 2.40 bits per heavy atom. The fourth-order valence-corrected chi connectivity index (χ4v) is 3.05. The Morgan fingerprint density at radius 2 is 1.67 bits per heavy atom. The van der Waals surface area contributed by atoms with Crippen molar-refractivity contribution in [1.29, 1.82) is 0 Å². The molecule has 1 aromatic heterocycles. The van der Waals surface area contributed by atoms with Crippen LogP contribution in [0.5, 0.6) is 0 Å². The van der Waals surface area contributed by atoms with Crippen LogP contribution >= 0.6 is 0 Å². The quantitative estimate of drug-likeness (QED) is 0.512. The molecule has 0 aliphatic carbocycles. The lowest BCUT2D eigenvalue weighted by Crippen LogP contribution is -2.30.